The van der Waals surface area contributed by atoms with Crippen LogP contribution in [0.4, 0.5) is 0 Å². The molecule has 2 heterocycles. The van der Waals surface area contributed by atoms with E-state index in [1.54, 1.807) is 0 Å². The molecule has 0 aliphatic carbocycles. The zero-order valence-corrected chi connectivity index (χ0v) is 13.0. The number of morpholine rings is 1. The number of hydrogen-bond acceptors (Lipinski definition) is 4. The fourth-order valence-corrected chi connectivity index (χ4v) is 3.28. The summed E-state index contributed by atoms with van der Waals surface area (Å²) in [6, 6.07) is 7.66. The van der Waals surface area contributed by atoms with Crippen LogP contribution in [0.25, 0.3) is 0 Å². The molecule has 2 fully saturated rings. The highest BCUT2D eigenvalue weighted by Crippen LogP contribution is 2.20. The first-order chi connectivity index (χ1) is 10.8. The standard InChI is InChI=1S/C17H25N3O2/c18-11-14-1-3-16(4-2-14)17(21)20-6-5-15(13-20)12-19-7-9-22-10-8-19/h1-4,15H,5-13,18H2. The Morgan fingerprint density at radius 2 is 1.91 bits per heavy atom. The van der Waals surface area contributed by atoms with E-state index in [4.69, 9.17) is 10.5 Å². The summed E-state index contributed by atoms with van der Waals surface area (Å²) in [6.07, 6.45) is 1.10. The number of benzene rings is 1. The van der Waals surface area contributed by atoms with E-state index in [2.05, 4.69) is 4.90 Å². The molecule has 0 spiro atoms. The molecule has 22 heavy (non-hydrogen) atoms. The number of rotatable bonds is 4. The Labute approximate surface area is 132 Å². The van der Waals surface area contributed by atoms with E-state index in [1.807, 2.05) is 29.2 Å². The normalized spacial score (nSPS) is 23.0. The van der Waals surface area contributed by atoms with E-state index in [9.17, 15) is 4.79 Å². The van der Waals surface area contributed by atoms with Gasteiger partial charge in [0.15, 0.2) is 0 Å². The topological polar surface area (TPSA) is 58.8 Å². The minimum absolute atomic E-state index is 0.146. The van der Waals surface area contributed by atoms with Crippen molar-refractivity contribution in [2.75, 3.05) is 45.9 Å². The molecule has 2 N–H and O–H groups in total. The Morgan fingerprint density at radius 1 is 1.18 bits per heavy atom. The molecule has 3 rings (SSSR count). The molecule has 0 radical (unpaired) electrons. The second-order valence-electron chi connectivity index (χ2n) is 6.22. The molecular formula is C17H25N3O2. The lowest BCUT2D eigenvalue weighted by Crippen LogP contribution is -2.40. The van der Waals surface area contributed by atoms with Crippen molar-refractivity contribution < 1.29 is 9.53 Å². The van der Waals surface area contributed by atoms with Crippen LogP contribution < -0.4 is 5.73 Å². The SMILES string of the molecule is NCc1ccc(C(=O)N2CCC(CN3CCOCC3)C2)cc1. The average Bonchev–Trinajstić information content (AvgIpc) is 3.04. The van der Waals surface area contributed by atoms with Crippen molar-refractivity contribution in [1.29, 1.82) is 0 Å². The Balaban J connectivity index is 1.53. The van der Waals surface area contributed by atoms with Crippen molar-refractivity contribution in [1.82, 2.24) is 9.80 Å². The molecule has 1 unspecified atom stereocenters. The zero-order valence-electron chi connectivity index (χ0n) is 13.0. The Hall–Kier alpha value is -1.43. The number of likely N-dealkylation sites (tertiary alicyclic amines) is 1. The van der Waals surface area contributed by atoms with Crippen molar-refractivity contribution >= 4 is 5.91 Å². The number of hydrogen-bond donors (Lipinski definition) is 1. The Kier molecular flexibility index (Phi) is 5.08. The van der Waals surface area contributed by atoms with Gasteiger partial charge in [-0.3, -0.25) is 9.69 Å². The Morgan fingerprint density at radius 3 is 2.59 bits per heavy atom. The second kappa shape index (κ2) is 7.22. The van der Waals surface area contributed by atoms with Crippen LogP contribution >= 0.6 is 0 Å². The van der Waals surface area contributed by atoms with Crippen molar-refractivity contribution in [3.8, 4) is 0 Å². The van der Waals surface area contributed by atoms with Crippen LogP contribution in [0.1, 0.15) is 22.3 Å². The molecule has 2 aliphatic heterocycles. The van der Waals surface area contributed by atoms with Gasteiger partial charge in [-0.25, -0.2) is 0 Å². The molecule has 0 aromatic heterocycles. The Bertz CT molecular complexity index is 497. The molecule has 0 bridgehead atoms. The van der Waals surface area contributed by atoms with E-state index in [-0.39, 0.29) is 5.91 Å². The van der Waals surface area contributed by atoms with Crippen LogP contribution in [0.2, 0.25) is 0 Å². The van der Waals surface area contributed by atoms with Gasteiger partial charge in [0.25, 0.3) is 5.91 Å². The minimum atomic E-state index is 0.146. The van der Waals surface area contributed by atoms with Gasteiger partial charge in [-0.1, -0.05) is 12.1 Å². The second-order valence-corrected chi connectivity index (χ2v) is 6.22. The van der Waals surface area contributed by atoms with Crippen LogP contribution in [0, 0.1) is 5.92 Å². The van der Waals surface area contributed by atoms with Crippen molar-refractivity contribution in [2.45, 2.75) is 13.0 Å². The maximum Gasteiger partial charge on any atom is 0.253 e. The van der Waals surface area contributed by atoms with Gasteiger partial charge >= 0.3 is 0 Å². The summed E-state index contributed by atoms with van der Waals surface area (Å²) in [5, 5.41) is 0. The largest absolute Gasteiger partial charge is 0.379 e. The van der Waals surface area contributed by atoms with Gasteiger partial charge in [-0.05, 0) is 30.0 Å². The minimum Gasteiger partial charge on any atom is -0.379 e. The molecule has 1 atom stereocenters. The molecule has 5 heteroatoms. The maximum atomic E-state index is 12.5. The lowest BCUT2D eigenvalue weighted by atomic mass is 10.1. The summed E-state index contributed by atoms with van der Waals surface area (Å²) >= 11 is 0. The van der Waals surface area contributed by atoms with E-state index in [0.29, 0.717) is 12.5 Å². The van der Waals surface area contributed by atoms with Gasteiger partial charge in [0.1, 0.15) is 0 Å². The number of nitrogens with zero attached hydrogens (tertiary/aromatic N) is 2. The molecule has 0 saturated carbocycles. The van der Waals surface area contributed by atoms with Crippen molar-refractivity contribution in [3.05, 3.63) is 35.4 Å². The van der Waals surface area contributed by atoms with Crippen LogP contribution in [0.15, 0.2) is 24.3 Å². The van der Waals surface area contributed by atoms with Crippen molar-refractivity contribution in [2.24, 2.45) is 11.7 Å². The smallest absolute Gasteiger partial charge is 0.253 e. The van der Waals surface area contributed by atoms with Gasteiger partial charge in [-0.15, -0.1) is 0 Å². The van der Waals surface area contributed by atoms with Crippen molar-refractivity contribution in [3.63, 3.8) is 0 Å². The number of nitrogens with two attached hydrogens (primary N) is 1. The molecule has 5 nitrogen and oxygen atoms in total. The highest BCUT2D eigenvalue weighted by Gasteiger charge is 2.28. The fourth-order valence-electron chi connectivity index (χ4n) is 3.28. The van der Waals surface area contributed by atoms with E-state index >= 15 is 0 Å². The number of amides is 1. The molecule has 1 aromatic carbocycles. The summed E-state index contributed by atoms with van der Waals surface area (Å²) in [6.45, 7) is 7.04. The van der Waals surface area contributed by atoms with Gasteiger partial charge in [0, 0.05) is 44.8 Å². The van der Waals surface area contributed by atoms with Gasteiger partial charge in [-0.2, -0.15) is 0 Å². The van der Waals surface area contributed by atoms with Gasteiger partial charge in [0.2, 0.25) is 0 Å². The number of carbonyl (C=O) groups is 1. The van der Waals surface area contributed by atoms with Gasteiger partial charge < -0.3 is 15.4 Å². The quantitative estimate of drug-likeness (QED) is 0.899. The molecule has 1 aromatic rings. The predicted molar refractivity (Wildman–Crippen MR) is 85.6 cm³/mol. The first-order valence-corrected chi connectivity index (χ1v) is 8.14. The number of carbonyl (C=O) groups excluding carboxylic acids is 1. The van der Waals surface area contributed by atoms with Gasteiger partial charge in [0.05, 0.1) is 13.2 Å². The third-order valence-electron chi connectivity index (χ3n) is 4.63. The third kappa shape index (κ3) is 3.66. The van der Waals surface area contributed by atoms with Crippen LogP contribution in [0.5, 0.6) is 0 Å². The highest BCUT2D eigenvalue weighted by molar-refractivity contribution is 5.94. The first kappa shape index (κ1) is 15.5. The highest BCUT2D eigenvalue weighted by atomic mass is 16.5. The summed E-state index contributed by atoms with van der Waals surface area (Å²) in [5.41, 5.74) is 7.42. The van der Waals surface area contributed by atoms with Crippen LogP contribution in [-0.2, 0) is 11.3 Å². The summed E-state index contributed by atoms with van der Waals surface area (Å²) in [5.74, 6) is 0.735. The molecule has 2 aliphatic rings. The summed E-state index contributed by atoms with van der Waals surface area (Å²) in [4.78, 5) is 17.0. The van der Waals surface area contributed by atoms with Crippen LogP contribution in [0.3, 0.4) is 0 Å². The van der Waals surface area contributed by atoms with E-state index in [1.165, 1.54) is 0 Å². The average molecular weight is 303 g/mol. The number of ether oxygens (including phenoxy) is 1. The first-order valence-electron chi connectivity index (χ1n) is 8.14. The lowest BCUT2D eigenvalue weighted by molar-refractivity contribution is 0.0310. The van der Waals surface area contributed by atoms with Crippen LogP contribution in [-0.4, -0.2) is 61.6 Å². The maximum absolute atomic E-state index is 12.5. The van der Waals surface area contributed by atoms with E-state index < -0.39 is 0 Å². The monoisotopic (exact) mass is 303 g/mol. The predicted octanol–water partition coefficient (Wildman–Crippen LogP) is 0.940. The zero-order chi connectivity index (χ0) is 15.4. The molecule has 120 valence electrons. The lowest BCUT2D eigenvalue weighted by Gasteiger charge is -2.29. The molecule has 1 amide bonds. The summed E-state index contributed by atoms with van der Waals surface area (Å²) in [7, 11) is 0. The van der Waals surface area contributed by atoms with E-state index in [0.717, 1.165) is 63.5 Å². The molecule has 2 saturated heterocycles. The third-order valence-corrected chi connectivity index (χ3v) is 4.63. The molecular weight excluding hydrogens is 278 g/mol. The summed E-state index contributed by atoms with van der Waals surface area (Å²) < 4.78 is 5.39. The fraction of sp³-hybridized carbons (Fsp3) is 0.588.